The smallest absolute Gasteiger partial charge is 0.269 e. The van der Waals surface area contributed by atoms with Crippen molar-refractivity contribution in [2.24, 2.45) is 0 Å². The van der Waals surface area contributed by atoms with Gasteiger partial charge in [-0.25, -0.2) is 4.39 Å². The Morgan fingerprint density at radius 2 is 2.16 bits per heavy atom. The summed E-state index contributed by atoms with van der Waals surface area (Å²) in [7, 11) is 1.52. The summed E-state index contributed by atoms with van der Waals surface area (Å²) in [6, 6.07) is 7.22. The number of rotatable bonds is 3. The van der Waals surface area contributed by atoms with Gasteiger partial charge in [0.25, 0.3) is 5.91 Å². The van der Waals surface area contributed by atoms with Crippen molar-refractivity contribution in [2.75, 3.05) is 7.05 Å². The van der Waals surface area contributed by atoms with Crippen molar-refractivity contribution >= 4 is 21.8 Å². The summed E-state index contributed by atoms with van der Waals surface area (Å²) >= 11 is 3.21. The Hall–Kier alpha value is -1.95. The fraction of sp³-hybridized carbons (Fsp3) is 0.0769. The number of carbonyl (C=O) groups excluding carboxylic acids is 1. The predicted molar refractivity (Wildman–Crippen MR) is 71.8 cm³/mol. The first kappa shape index (κ1) is 13.5. The summed E-state index contributed by atoms with van der Waals surface area (Å²) in [6.07, 6.45) is 1.47. The van der Waals surface area contributed by atoms with Crippen LogP contribution in [0.5, 0.6) is 11.5 Å². The molecule has 0 atom stereocenters. The van der Waals surface area contributed by atoms with E-state index in [0.717, 1.165) is 0 Å². The lowest BCUT2D eigenvalue weighted by molar-refractivity contribution is 0.0958. The van der Waals surface area contributed by atoms with Crippen LogP contribution in [0.2, 0.25) is 0 Å². The molecule has 19 heavy (non-hydrogen) atoms. The van der Waals surface area contributed by atoms with E-state index in [1.54, 1.807) is 6.07 Å². The molecule has 1 heterocycles. The SMILES string of the molecule is CNC(=O)c1cc(Oc2ccc(F)cc2Br)ccn1. The molecule has 0 aliphatic heterocycles. The van der Waals surface area contributed by atoms with Gasteiger partial charge in [-0.05, 0) is 40.2 Å². The fourth-order valence-corrected chi connectivity index (χ4v) is 1.84. The molecule has 1 N–H and O–H groups in total. The van der Waals surface area contributed by atoms with Gasteiger partial charge in [-0.3, -0.25) is 9.78 Å². The minimum atomic E-state index is -0.361. The fourth-order valence-electron chi connectivity index (χ4n) is 1.41. The van der Waals surface area contributed by atoms with E-state index in [-0.39, 0.29) is 17.4 Å². The molecule has 4 nitrogen and oxygen atoms in total. The first-order valence-electron chi connectivity index (χ1n) is 5.41. The van der Waals surface area contributed by atoms with Gasteiger partial charge in [0.2, 0.25) is 0 Å². The van der Waals surface area contributed by atoms with Gasteiger partial charge in [0.1, 0.15) is 23.0 Å². The number of pyridine rings is 1. The van der Waals surface area contributed by atoms with Crippen molar-refractivity contribution in [1.29, 1.82) is 0 Å². The highest BCUT2D eigenvalue weighted by Crippen LogP contribution is 2.30. The third-order valence-corrected chi connectivity index (χ3v) is 2.93. The highest BCUT2D eigenvalue weighted by Gasteiger charge is 2.08. The molecular weight excluding hydrogens is 315 g/mol. The van der Waals surface area contributed by atoms with E-state index in [1.807, 2.05) is 0 Å². The molecule has 0 spiro atoms. The molecule has 0 bridgehead atoms. The van der Waals surface area contributed by atoms with Gasteiger partial charge in [0.15, 0.2) is 0 Å². The summed E-state index contributed by atoms with van der Waals surface area (Å²) in [5.74, 6) is 0.236. The summed E-state index contributed by atoms with van der Waals surface area (Å²) in [4.78, 5) is 15.4. The Labute approximate surface area is 117 Å². The van der Waals surface area contributed by atoms with Crippen LogP contribution in [0.15, 0.2) is 41.0 Å². The Morgan fingerprint density at radius 3 is 2.84 bits per heavy atom. The lowest BCUT2D eigenvalue weighted by Gasteiger charge is -2.08. The second kappa shape index (κ2) is 5.79. The van der Waals surface area contributed by atoms with Crippen molar-refractivity contribution in [2.45, 2.75) is 0 Å². The molecular formula is C13H10BrFN2O2. The summed E-state index contributed by atoms with van der Waals surface area (Å²) in [5.41, 5.74) is 0.248. The molecule has 0 fully saturated rings. The standard InChI is InChI=1S/C13H10BrFN2O2/c1-16-13(18)11-7-9(4-5-17-11)19-12-3-2-8(15)6-10(12)14/h2-7H,1H3,(H,16,18). The zero-order chi connectivity index (χ0) is 13.8. The predicted octanol–water partition coefficient (Wildman–Crippen LogP) is 3.14. The number of ether oxygens (including phenoxy) is 1. The Morgan fingerprint density at radius 1 is 1.37 bits per heavy atom. The molecule has 98 valence electrons. The molecule has 1 aromatic carbocycles. The first-order chi connectivity index (χ1) is 9.10. The number of nitrogens with one attached hydrogen (secondary N) is 1. The molecule has 2 aromatic rings. The van der Waals surface area contributed by atoms with Gasteiger partial charge in [-0.15, -0.1) is 0 Å². The summed E-state index contributed by atoms with van der Waals surface area (Å²) in [6.45, 7) is 0. The third-order valence-electron chi connectivity index (χ3n) is 2.31. The van der Waals surface area contributed by atoms with Gasteiger partial charge in [0.05, 0.1) is 4.47 Å². The number of nitrogens with zero attached hydrogens (tertiary/aromatic N) is 1. The lowest BCUT2D eigenvalue weighted by Crippen LogP contribution is -2.18. The molecule has 0 aliphatic carbocycles. The van der Waals surface area contributed by atoms with Crippen molar-refractivity contribution in [1.82, 2.24) is 10.3 Å². The van der Waals surface area contributed by atoms with Crippen LogP contribution in [0.3, 0.4) is 0 Å². The average Bonchev–Trinajstić information content (AvgIpc) is 2.41. The molecule has 0 unspecified atom stereocenters. The first-order valence-corrected chi connectivity index (χ1v) is 6.20. The number of amides is 1. The minimum absolute atomic E-state index is 0.248. The van der Waals surface area contributed by atoms with E-state index in [9.17, 15) is 9.18 Å². The lowest BCUT2D eigenvalue weighted by atomic mass is 10.3. The second-order valence-electron chi connectivity index (χ2n) is 3.63. The van der Waals surface area contributed by atoms with Crippen molar-refractivity contribution in [3.8, 4) is 11.5 Å². The van der Waals surface area contributed by atoms with Crippen molar-refractivity contribution in [3.63, 3.8) is 0 Å². The highest BCUT2D eigenvalue weighted by molar-refractivity contribution is 9.10. The monoisotopic (exact) mass is 324 g/mol. The number of hydrogen-bond donors (Lipinski definition) is 1. The van der Waals surface area contributed by atoms with Gasteiger partial charge in [0, 0.05) is 19.3 Å². The zero-order valence-electron chi connectivity index (χ0n) is 9.98. The maximum Gasteiger partial charge on any atom is 0.269 e. The van der Waals surface area contributed by atoms with Gasteiger partial charge in [-0.1, -0.05) is 0 Å². The summed E-state index contributed by atoms with van der Waals surface area (Å²) in [5, 5.41) is 2.48. The molecule has 0 saturated heterocycles. The van der Waals surface area contributed by atoms with Gasteiger partial charge >= 0.3 is 0 Å². The Bertz CT molecular complexity index is 619. The molecule has 1 amide bonds. The maximum absolute atomic E-state index is 13.0. The van der Waals surface area contributed by atoms with Gasteiger partial charge in [-0.2, -0.15) is 0 Å². The van der Waals surface area contributed by atoms with Crippen LogP contribution in [-0.4, -0.2) is 17.9 Å². The molecule has 0 saturated carbocycles. The quantitative estimate of drug-likeness (QED) is 0.943. The van der Waals surface area contributed by atoms with Crippen LogP contribution >= 0.6 is 15.9 Å². The molecule has 1 aromatic heterocycles. The number of aromatic nitrogens is 1. The number of hydrogen-bond acceptors (Lipinski definition) is 3. The maximum atomic E-state index is 13.0. The topological polar surface area (TPSA) is 51.2 Å². The van der Waals surface area contributed by atoms with Crippen LogP contribution in [0.25, 0.3) is 0 Å². The average molecular weight is 325 g/mol. The molecule has 0 radical (unpaired) electrons. The zero-order valence-corrected chi connectivity index (χ0v) is 11.6. The van der Waals surface area contributed by atoms with Crippen LogP contribution in [0.4, 0.5) is 4.39 Å². The third kappa shape index (κ3) is 3.29. The van der Waals surface area contributed by atoms with Crippen LogP contribution in [0.1, 0.15) is 10.5 Å². The summed E-state index contributed by atoms with van der Waals surface area (Å²) < 4.78 is 19.0. The van der Waals surface area contributed by atoms with Crippen molar-refractivity contribution in [3.05, 3.63) is 52.5 Å². The van der Waals surface area contributed by atoms with E-state index in [1.165, 1.54) is 37.5 Å². The van der Waals surface area contributed by atoms with Crippen LogP contribution in [0, 0.1) is 5.82 Å². The highest BCUT2D eigenvalue weighted by atomic mass is 79.9. The van der Waals surface area contributed by atoms with Crippen LogP contribution < -0.4 is 10.1 Å². The normalized spacial score (nSPS) is 10.1. The second-order valence-corrected chi connectivity index (χ2v) is 4.49. The number of halogens is 2. The number of carbonyl (C=O) groups is 1. The van der Waals surface area contributed by atoms with E-state index in [2.05, 4.69) is 26.2 Å². The molecule has 6 heteroatoms. The van der Waals surface area contributed by atoms with E-state index in [4.69, 9.17) is 4.74 Å². The molecule has 0 aliphatic rings. The van der Waals surface area contributed by atoms with Gasteiger partial charge < -0.3 is 10.1 Å². The van der Waals surface area contributed by atoms with E-state index < -0.39 is 0 Å². The van der Waals surface area contributed by atoms with Crippen molar-refractivity contribution < 1.29 is 13.9 Å². The van der Waals surface area contributed by atoms with E-state index >= 15 is 0 Å². The Balaban J connectivity index is 2.26. The molecule has 2 rings (SSSR count). The Kier molecular flexibility index (Phi) is 4.11. The number of benzene rings is 1. The van der Waals surface area contributed by atoms with E-state index in [0.29, 0.717) is 16.0 Å². The largest absolute Gasteiger partial charge is 0.456 e. The van der Waals surface area contributed by atoms with Crippen LogP contribution in [-0.2, 0) is 0 Å². The minimum Gasteiger partial charge on any atom is -0.456 e.